The highest BCUT2D eigenvalue weighted by Gasteiger charge is 2.28. The molecule has 0 bridgehead atoms. The van der Waals surface area contributed by atoms with Gasteiger partial charge in [-0.15, -0.1) is 0 Å². The summed E-state index contributed by atoms with van der Waals surface area (Å²) in [4.78, 5) is 26.4. The van der Waals surface area contributed by atoms with Crippen LogP contribution in [0.15, 0.2) is 28.9 Å². The highest BCUT2D eigenvalue weighted by atomic mass is 16.3. The van der Waals surface area contributed by atoms with Gasteiger partial charge in [-0.2, -0.15) is 0 Å². The van der Waals surface area contributed by atoms with Gasteiger partial charge in [0.1, 0.15) is 5.76 Å². The van der Waals surface area contributed by atoms with Gasteiger partial charge >= 0.3 is 0 Å². The van der Waals surface area contributed by atoms with Gasteiger partial charge in [-0.1, -0.05) is 0 Å². The molecule has 1 N–H and O–H groups in total. The van der Waals surface area contributed by atoms with Gasteiger partial charge in [-0.25, -0.2) is 0 Å². The Balaban J connectivity index is 1.81. The summed E-state index contributed by atoms with van der Waals surface area (Å²) in [5.74, 6) is 0.893. The Bertz CT molecular complexity index is 746. The van der Waals surface area contributed by atoms with Crippen LogP contribution in [0.4, 0.5) is 0 Å². The third kappa shape index (κ3) is 3.14. The number of nitrogens with one attached hydrogen (secondary N) is 1. The first-order valence-electron chi connectivity index (χ1n) is 8.21. The van der Waals surface area contributed by atoms with Crippen molar-refractivity contribution in [3.8, 4) is 0 Å². The standard InChI is InChI=1S/C18H23N3O3/c1-12-9-16(13(2)21(12)10-15-5-4-8-24-15)18(23)14(3)20-7-6-19-17(22)11-20/h4-5,8-9,14H,6-7,10-11H2,1-3H3,(H,19,22)/t14-/m0/s1. The molecule has 1 amide bonds. The molecule has 1 saturated heterocycles. The number of Topliss-reactive ketones (excluding diaryl/α,β-unsaturated/α-hetero) is 1. The van der Waals surface area contributed by atoms with Crippen LogP contribution >= 0.6 is 0 Å². The fourth-order valence-corrected chi connectivity index (χ4v) is 3.23. The molecule has 0 unspecified atom stereocenters. The van der Waals surface area contributed by atoms with Gasteiger partial charge in [0, 0.05) is 30.0 Å². The lowest BCUT2D eigenvalue weighted by Crippen LogP contribution is -2.52. The van der Waals surface area contributed by atoms with Crippen LogP contribution in [0.3, 0.4) is 0 Å². The van der Waals surface area contributed by atoms with Crippen LogP contribution in [-0.4, -0.2) is 46.8 Å². The van der Waals surface area contributed by atoms with Gasteiger partial charge in [-0.3, -0.25) is 14.5 Å². The summed E-state index contributed by atoms with van der Waals surface area (Å²) in [5.41, 5.74) is 2.68. The monoisotopic (exact) mass is 329 g/mol. The maximum atomic E-state index is 12.9. The lowest BCUT2D eigenvalue weighted by Gasteiger charge is -2.31. The van der Waals surface area contributed by atoms with Crippen LogP contribution in [0.1, 0.15) is 34.4 Å². The number of carbonyl (C=O) groups excluding carboxylic acids is 2. The van der Waals surface area contributed by atoms with Crippen LogP contribution in [0, 0.1) is 13.8 Å². The van der Waals surface area contributed by atoms with Gasteiger partial charge in [-0.05, 0) is 39.0 Å². The molecule has 0 spiro atoms. The van der Waals surface area contributed by atoms with E-state index in [4.69, 9.17) is 4.42 Å². The van der Waals surface area contributed by atoms with E-state index in [1.54, 1.807) is 6.26 Å². The molecule has 6 nitrogen and oxygen atoms in total. The SMILES string of the molecule is Cc1cc(C(=O)[C@H](C)N2CCNC(=O)C2)c(C)n1Cc1ccco1. The second-order valence-electron chi connectivity index (χ2n) is 6.31. The number of carbonyl (C=O) groups is 2. The highest BCUT2D eigenvalue weighted by molar-refractivity contribution is 6.01. The van der Waals surface area contributed by atoms with E-state index in [0.717, 1.165) is 22.7 Å². The van der Waals surface area contributed by atoms with Crippen molar-refractivity contribution in [1.82, 2.24) is 14.8 Å². The zero-order chi connectivity index (χ0) is 17.3. The minimum atomic E-state index is -0.311. The molecule has 0 radical (unpaired) electrons. The fourth-order valence-electron chi connectivity index (χ4n) is 3.23. The average Bonchev–Trinajstić information content (AvgIpc) is 3.17. The Morgan fingerprint density at radius 1 is 1.42 bits per heavy atom. The molecule has 1 atom stereocenters. The van der Waals surface area contributed by atoms with Gasteiger partial charge < -0.3 is 14.3 Å². The molecular formula is C18H23N3O3. The molecular weight excluding hydrogens is 306 g/mol. The number of hydrogen-bond donors (Lipinski definition) is 1. The number of nitrogens with zero attached hydrogens (tertiary/aromatic N) is 2. The lowest BCUT2D eigenvalue weighted by atomic mass is 10.0. The van der Waals surface area contributed by atoms with Gasteiger partial charge in [0.05, 0.1) is 25.4 Å². The number of aryl methyl sites for hydroxylation is 1. The molecule has 0 aromatic carbocycles. The van der Waals surface area contributed by atoms with E-state index >= 15 is 0 Å². The zero-order valence-electron chi connectivity index (χ0n) is 14.3. The second-order valence-corrected chi connectivity index (χ2v) is 6.31. The normalized spacial score (nSPS) is 16.9. The molecule has 2 aromatic heterocycles. The first-order chi connectivity index (χ1) is 11.5. The minimum absolute atomic E-state index is 0.0239. The van der Waals surface area contributed by atoms with E-state index in [0.29, 0.717) is 19.6 Å². The highest BCUT2D eigenvalue weighted by Crippen LogP contribution is 2.20. The number of ketones is 1. The summed E-state index contributed by atoms with van der Waals surface area (Å²) in [6.45, 7) is 8.00. The molecule has 2 aromatic rings. The fraction of sp³-hybridized carbons (Fsp3) is 0.444. The smallest absolute Gasteiger partial charge is 0.234 e. The summed E-state index contributed by atoms with van der Waals surface area (Å²) < 4.78 is 7.50. The maximum absolute atomic E-state index is 12.9. The first-order valence-corrected chi connectivity index (χ1v) is 8.21. The van der Waals surface area contributed by atoms with Crippen LogP contribution < -0.4 is 5.32 Å². The van der Waals surface area contributed by atoms with Crippen LogP contribution in [-0.2, 0) is 11.3 Å². The second kappa shape index (κ2) is 6.65. The molecule has 3 rings (SSSR count). The van der Waals surface area contributed by atoms with Crippen molar-refractivity contribution >= 4 is 11.7 Å². The molecule has 3 heterocycles. The lowest BCUT2D eigenvalue weighted by molar-refractivity contribution is -0.124. The maximum Gasteiger partial charge on any atom is 0.234 e. The third-order valence-electron chi connectivity index (χ3n) is 4.73. The summed E-state index contributed by atoms with van der Waals surface area (Å²) in [6, 6.07) is 5.41. The molecule has 1 aliphatic heterocycles. The van der Waals surface area contributed by atoms with Crippen molar-refractivity contribution in [3.05, 3.63) is 47.2 Å². The van der Waals surface area contributed by atoms with Crippen LogP contribution in [0.25, 0.3) is 0 Å². The van der Waals surface area contributed by atoms with Crippen molar-refractivity contribution in [3.63, 3.8) is 0 Å². The van der Waals surface area contributed by atoms with Crippen LogP contribution in [0.2, 0.25) is 0 Å². The Morgan fingerprint density at radius 2 is 2.21 bits per heavy atom. The summed E-state index contributed by atoms with van der Waals surface area (Å²) in [6.07, 6.45) is 1.65. The molecule has 128 valence electrons. The van der Waals surface area contributed by atoms with E-state index in [1.165, 1.54) is 0 Å². The van der Waals surface area contributed by atoms with Gasteiger partial charge in [0.2, 0.25) is 5.91 Å². The summed E-state index contributed by atoms with van der Waals surface area (Å²) >= 11 is 0. The number of rotatable bonds is 5. The molecule has 24 heavy (non-hydrogen) atoms. The van der Waals surface area contributed by atoms with E-state index in [1.807, 2.05) is 43.9 Å². The molecule has 0 saturated carbocycles. The molecule has 1 fully saturated rings. The first kappa shape index (κ1) is 16.5. The van der Waals surface area contributed by atoms with Gasteiger partial charge in [0.25, 0.3) is 0 Å². The van der Waals surface area contributed by atoms with Crippen molar-refractivity contribution in [1.29, 1.82) is 0 Å². The number of piperazine rings is 1. The molecule has 0 aliphatic carbocycles. The Labute approximate surface area is 141 Å². The topological polar surface area (TPSA) is 67.5 Å². The quantitative estimate of drug-likeness (QED) is 0.849. The average molecular weight is 329 g/mol. The predicted molar refractivity (Wildman–Crippen MR) is 90.1 cm³/mol. The van der Waals surface area contributed by atoms with Crippen molar-refractivity contribution < 1.29 is 14.0 Å². The minimum Gasteiger partial charge on any atom is -0.467 e. The van der Waals surface area contributed by atoms with Gasteiger partial charge in [0.15, 0.2) is 5.78 Å². The zero-order valence-corrected chi connectivity index (χ0v) is 14.3. The number of amides is 1. The largest absolute Gasteiger partial charge is 0.467 e. The molecule has 1 aliphatic rings. The Kier molecular flexibility index (Phi) is 4.57. The van der Waals surface area contributed by atoms with E-state index in [9.17, 15) is 9.59 Å². The van der Waals surface area contributed by atoms with E-state index in [-0.39, 0.29) is 24.3 Å². The third-order valence-corrected chi connectivity index (χ3v) is 4.73. The predicted octanol–water partition coefficient (Wildman–Crippen LogP) is 1.75. The van der Waals surface area contributed by atoms with E-state index in [2.05, 4.69) is 9.88 Å². The Morgan fingerprint density at radius 3 is 2.88 bits per heavy atom. The van der Waals surface area contributed by atoms with Crippen LogP contribution in [0.5, 0.6) is 0 Å². The molecule has 6 heteroatoms. The Hall–Kier alpha value is -2.34. The number of aromatic nitrogens is 1. The van der Waals surface area contributed by atoms with E-state index < -0.39 is 0 Å². The summed E-state index contributed by atoms with van der Waals surface area (Å²) in [7, 11) is 0. The summed E-state index contributed by atoms with van der Waals surface area (Å²) in [5, 5.41) is 2.79. The van der Waals surface area contributed by atoms with Crippen molar-refractivity contribution in [2.45, 2.75) is 33.4 Å². The number of furan rings is 1. The van der Waals surface area contributed by atoms with Crippen molar-refractivity contribution in [2.24, 2.45) is 0 Å². The number of hydrogen-bond acceptors (Lipinski definition) is 4. The van der Waals surface area contributed by atoms with Crippen molar-refractivity contribution in [2.75, 3.05) is 19.6 Å².